The molecule has 0 aromatic heterocycles. The van der Waals surface area contributed by atoms with Gasteiger partial charge in [-0.1, -0.05) is 64.2 Å². The molecule has 0 saturated heterocycles. The van der Waals surface area contributed by atoms with E-state index in [1.807, 2.05) is 36.5 Å². The van der Waals surface area contributed by atoms with Gasteiger partial charge in [-0.25, -0.2) is 0 Å². The summed E-state index contributed by atoms with van der Waals surface area (Å²) < 4.78 is 0. The predicted octanol–water partition coefficient (Wildman–Crippen LogP) is 5.51. The van der Waals surface area contributed by atoms with E-state index in [-0.39, 0.29) is 10.8 Å². The molecule has 2 nitrogen and oxygen atoms in total. The van der Waals surface area contributed by atoms with Crippen molar-refractivity contribution in [1.29, 1.82) is 0 Å². The zero-order valence-electron chi connectivity index (χ0n) is 12.7. The Bertz CT molecular complexity index is 525. The van der Waals surface area contributed by atoms with E-state index in [1.54, 1.807) is 0 Å². The van der Waals surface area contributed by atoms with Crippen LogP contribution in [-0.4, -0.2) is 0 Å². The molecule has 0 aliphatic heterocycles. The third kappa shape index (κ3) is 4.30. The highest BCUT2D eigenvalue weighted by Gasteiger charge is 2.11. The van der Waals surface area contributed by atoms with Crippen LogP contribution in [-0.2, 0) is 0 Å². The third-order valence-corrected chi connectivity index (χ3v) is 3.23. The van der Waals surface area contributed by atoms with E-state index in [2.05, 4.69) is 62.2 Å². The van der Waals surface area contributed by atoms with Crippen molar-refractivity contribution in [2.45, 2.75) is 27.7 Å². The van der Waals surface area contributed by atoms with Crippen molar-refractivity contribution >= 4 is 0 Å². The molecule has 0 amide bonds. The molecule has 2 heteroatoms. The average molecular weight is 266 g/mol. The molecule has 0 aromatic carbocycles. The van der Waals surface area contributed by atoms with Gasteiger partial charge in [-0.05, 0) is 24.3 Å². The maximum atomic E-state index is 4.32. The second kappa shape index (κ2) is 5.58. The summed E-state index contributed by atoms with van der Waals surface area (Å²) in [6, 6.07) is 0. The molecule has 0 fully saturated rings. The maximum absolute atomic E-state index is 4.32. The summed E-state index contributed by atoms with van der Waals surface area (Å²) >= 11 is 0. The highest BCUT2D eigenvalue weighted by Crippen LogP contribution is 2.25. The summed E-state index contributed by atoms with van der Waals surface area (Å²) in [7, 11) is 0. The van der Waals surface area contributed by atoms with Crippen molar-refractivity contribution in [3.8, 4) is 0 Å². The summed E-state index contributed by atoms with van der Waals surface area (Å²) in [6.07, 6.45) is 20.7. The van der Waals surface area contributed by atoms with Crippen LogP contribution in [0.4, 0.5) is 0 Å². The SMILES string of the molecule is CC1(C)C=CC=C(N=NC2=CC=CC(C)(C)C=C2)C=C1. The van der Waals surface area contributed by atoms with Crippen LogP contribution in [0.2, 0.25) is 0 Å². The number of azo groups is 1. The average Bonchev–Trinajstić information content (AvgIpc) is 2.63. The van der Waals surface area contributed by atoms with Gasteiger partial charge < -0.3 is 0 Å². The fraction of sp³-hybridized carbons (Fsp3) is 0.333. The monoisotopic (exact) mass is 266 g/mol. The molecule has 0 saturated carbocycles. The molecular formula is C18H22N2. The van der Waals surface area contributed by atoms with Gasteiger partial charge in [0.25, 0.3) is 0 Å². The van der Waals surface area contributed by atoms with E-state index in [0.29, 0.717) is 0 Å². The van der Waals surface area contributed by atoms with Crippen molar-refractivity contribution in [2.24, 2.45) is 21.1 Å². The van der Waals surface area contributed by atoms with Crippen LogP contribution in [0.25, 0.3) is 0 Å². The molecule has 0 spiro atoms. The van der Waals surface area contributed by atoms with Gasteiger partial charge in [-0.3, -0.25) is 0 Å². The van der Waals surface area contributed by atoms with Gasteiger partial charge in [0, 0.05) is 10.8 Å². The fourth-order valence-electron chi connectivity index (χ4n) is 1.86. The molecule has 20 heavy (non-hydrogen) atoms. The lowest BCUT2D eigenvalue weighted by Gasteiger charge is -2.12. The topological polar surface area (TPSA) is 24.7 Å². The zero-order valence-corrected chi connectivity index (χ0v) is 12.7. The maximum Gasteiger partial charge on any atom is 0.0854 e. The van der Waals surface area contributed by atoms with Gasteiger partial charge in [-0.2, -0.15) is 10.2 Å². The predicted molar refractivity (Wildman–Crippen MR) is 85.1 cm³/mol. The second-order valence-electron chi connectivity index (χ2n) is 6.41. The summed E-state index contributed by atoms with van der Waals surface area (Å²) in [5.74, 6) is 0. The molecule has 104 valence electrons. The first-order chi connectivity index (χ1) is 9.36. The van der Waals surface area contributed by atoms with Crippen molar-refractivity contribution in [1.82, 2.24) is 0 Å². The summed E-state index contributed by atoms with van der Waals surface area (Å²) in [6.45, 7) is 8.66. The van der Waals surface area contributed by atoms with Crippen molar-refractivity contribution in [3.63, 3.8) is 0 Å². The van der Waals surface area contributed by atoms with Crippen LogP contribution in [0.1, 0.15) is 27.7 Å². The highest BCUT2D eigenvalue weighted by atomic mass is 15.1. The van der Waals surface area contributed by atoms with Gasteiger partial charge in [-0.15, -0.1) is 0 Å². The van der Waals surface area contributed by atoms with Crippen LogP contribution in [0.5, 0.6) is 0 Å². The first-order valence-corrected chi connectivity index (χ1v) is 6.96. The van der Waals surface area contributed by atoms with Gasteiger partial charge in [0.2, 0.25) is 0 Å². The Hall–Kier alpha value is -1.96. The molecule has 2 rings (SSSR count). The molecule has 2 aliphatic rings. The smallest absolute Gasteiger partial charge is 0.0854 e. The molecule has 0 N–H and O–H groups in total. The highest BCUT2D eigenvalue weighted by molar-refractivity contribution is 5.32. The fourth-order valence-corrected chi connectivity index (χ4v) is 1.86. The minimum absolute atomic E-state index is 0.0714. The van der Waals surface area contributed by atoms with Crippen molar-refractivity contribution in [2.75, 3.05) is 0 Å². The number of rotatable bonds is 2. The van der Waals surface area contributed by atoms with E-state index >= 15 is 0 Å². The van der Waals surface area contributed by atoms with E-state index in [0.717, 1.165) is 11.4 Å². The summed E-state index contributed by atoms with van der Waals surface area (Å²) in [5.41, 5.74) is 1.88. The molecule has 0 atom stereocenters. The van der Waals surface area contributed by atoms with E-state index in [1.165, 1.54) is 0 Å². The lowest BCUT2D eigenvalue weighted by atomic mass is 9.93. The molecule has 2 aliphatic carbocycles. The molecule has 0 bridgehead atoms. The van der Waals surface area contributed by atoms with Crippen molar-refractivity contribution in [3.05, 3.63) is 72.2 Å². The van der Waals surface area contributed by atoms with Crippen molar-refractivity contribution < 1.29 is 0 Å². The van der Waals surface area contributed by atoms with Gasteiger partial charge >= 0.3 is 0 Å². The first kappa shape index (κ1) is 14.4. The number of allylic oxidation sites excluding steroid dienone is 10. The molecule has 0 heterocycles. The Kier molecular flexibility index (Phi) is 4.03. The normalized spacial score (nSPS) is 23.4. The van der Waals surface area contributed by atoms with E-state index in [9.17, 15) is 0 Å². The van der Waals surface area contributed by atoms with Crippen LogP contribution in [0, 0.1) is 10.8 Å². The van der Waals surface area contributed by atoms with Crippen LogP contribution >= 0.6 is 0 Å². The Balaban J connectivity index is 2.12. The lowest BCUT2D eigenvalue weighted by Crippen LogP contribution is -2.00. The quantitative estimate of drug-likeness (QED) is 0.589. The zero-order chi connectivity index (χ0) is 14.6. The van der Waals surface area contributed by atoms with Crippen LogP contribution in [0.3, 0.4) is 0 Å². The largest absolute Gasteiger partial charge is 0.151 e. The van der Waals surface area contributed by atoms with Crippen LogP contribution in [0.15, 0.2) is 82.4 Å². The van der Waals surface area contributed by atoms with E-state index in [4.69, 9.17) is 0 Å². The molecule has 0 aromatic rings. The Morgan fingerprint density at radius 3 is 1.45 bits per heavy atom. The molecule has 0 radical (unpaired) electrons. The second-order valence-corrected chi connectivity index (χ2v) is 6.41. The van der Waals surface area contributed by atoms with Gasteiger partial charge in [0.15, 0.2) is 0 Å². The summed E-state index contributed by atoms with van der Waals surface area (Å²) in [5, 5.41) is 8.63. The van der Waals surface area contributed by atoms with Gasteiger partial charge in [0.05, 0.1) is 11.4 Å². The van der Waals surface area contributed by atoms with Crippen LogP contribution < -0.4 is 0 Å². The van der Waals surface area contributed by atoms with E-state index < -0.39 is 0 Å². The Morgan fingerprint density at radius 2 is 1.05 bits per heavy atom. The Labute approximate surface area is 121 Å². The number of hydrogen-bond donors (Lipinski definition) is 0. The first-order valence-electron chi connectivity index (χ1n) is 6.96. The Morgan fingerprint density at radius 1 is 0.650 bits per heavy atom. The minimum Gasteiger partial charge on any atom is -0.151 e. The van der Waals surface area contributed by atoms with Gasteiger partial charge in [0.1, 0.15) is 0 Å². The standard InChI is InChI=1S/C18H22N2/c1-17(2)11-5-7-15(9-13-17)19-20-16-8-6-12-18(3,4)14-10-16/h5-14H,1-4H3. The minimum atomic E-state index is 0.0714. The number of hydrogen-bond acceptors (Lipinski definition) is 2. The lowest BCUT2D eigenvalue weighted by molar-refractivity contribution is 0.626. The third-order valence-electron chi connectivity index (χ3n) is 3.23. The molecular weight excluding hydrogens is 244 g/mol. The number of nitrogens with zero attached hydrogens (tertiary/aromatic N) is 2. The summed E-state index contributed by atoms with van der Waals surface area (Å²) in [4.78, 5) is 0. The molecule has 0 unspecified atom stereocenters.